The molecule has 0 radical (unpaired) electrons. The average molecular weight is 338 g/mol. The van der Waals surface area contributed by atoms with Crippen LogP contribution in [0.1, 0.15) is 6.42 Å². The van der Waals surface area contributed by atoms with Crippen LogP contribution in [0.15, 0.2) is 33.6 Å². The number of carbonyl (C=O) groups is 1. The zero-order valence-electron chi connectivity index (χ0n) is 9.21. The van der Waals surface area contributed by atoms with E-state index < -0.39 is 22.1 Å². The Morgan fingerprint density at radius 2 is 2.11 bits per heavy atom. The lowest BCUT2D eigenvalue weighted by Gasteiger charge is -2.08. The van der Waals surface area contributed by atoms with E-state index in [-0.39, 0.29) is 17.9 Å². The number of halogens is 1. The fourth-order valence-electron chi connectivity index (χ4n) is 1.17. The van der Waals surface area contributed by atoms with Gasteiger partial charge >= 0.3 is 5.97 Å². The third kappa shape index (κ3) is 4.37. The minimum atomic E-state index is -3.69. The Morgan fingerprint density at radius 1 is 1.44 bits per heavy atom. The first-order chi connectivity index (χ1) is 8.33. The quantitative estimate of drug-likeness (QED) is 0.703. The predicted molar refractivity (Wildman–Crippen MR) is 67.6 cm³/mol. The fourth-order valence-corrected chi connectivity index (χ4v) is 2.81. The summed E-state index contributed by atoms with van der Waals surface area (Å²) in [5.41, 5.74) is 0. The summed E-state index contributed by atoms with van der Waals surface area (Å²) in [6.07, 6.45) is -1.77. The number of nitrogens with one attached hydrogen (secondary N) is 1. The second kappa shape index (κ2) is 6.28. The third-order valence-electron chi connectivity index (χ3n) is 2.10. The van der Waals surface area contributed by atoms with Crippen LogP contribution >= 0.6 is 15.9 Å². The van der Waals surface area contributed by atoms with Gasteiger partial charge in [0.25, 0.3) is 0 Å². The maximum absolute atomic E-state index is 11.8. The van der Waals surface area contributed by atoms with Crippen LogP contribution in [0.4, 0.5) is 0 Å². The highest BCUT2D eigenvalue weighted by molar-refractivity contribution is 9.10. The lowest BCUT2D eigenvalue weighted by Crippen LogP contribution is -2.30. The largest absolute Gasteiger partial charge is 0.479 e. The minimum absolute atomic E-state index is 0.0710. The Labute approximate surface area is 113 Å². The maximum Gasteiger partial charge on any atom is 0.332 e. The third-order valence-corrected chi connectivity index (χ3v) is 4.05. The second-order valence-corrected chi connectivity index (χ2v) is 6.18. The highest BCUT2D eigenvalue weighted by Crippen LogP contribution is 2.15. The first-order valence-corrected chi connectivity index (χ1v) is 7.26. The van der Waals surface area contributed by atoms with Crippen molar-refractivity contribution in [1.82, 2.24) is 4.72 Å². The van der Waals surface area contributed by atoms with Crippen molar-refractivity contribution in [3.8, 4) is 0 Å². The molecular weight excluding hydrogens is 326 g/mol. The van der Waals surface area contributed by atoms with Crippen molar-refractivity contribution in [2.75, 3.05) is 6.54 Å². The number of hydrogen-bond acceptors (Lipinski definition) is 4. The molecule has 100 valence electrons. The minimum Gasteiger partial charge on any atom is -0.479 e. The molecule has 0 aliphatic rings. The van der Waals surface area contributed by atoms with Gasteiger partial charge in [0.15, 0.2) is 6.10 Å². The molecule has 18 heavy (non-hydrogen) atoms. The molecule has 0 saturated carbocycles. The molecule has 0 aliphatic carbocycles. The lowest BCUT2D eigenvalue weighted by atomic mass is 10.3. The van der Waals surface area contributed by atoms with Crippen LogP contribution in [0.5, 0.6) is 0 Å². The number of rotatable bonds is 6. The highest BCUT2D eigenvalue weighted by Gasteiger charge is 2.17. The van der Waals surface area contributed by atoms with Gasteiger partial charge in [-0.15, -0.1) is 0 Å². The van der Waals surface area contributed by atoms with Crippen LogP contribution in [-0.4, -0.2) is 37.2 Å². The number of carboxylic acids is 1. The first kappa shape index (κ1) is 15.1. The molecule has 0 fully saturated rings. The fraction of sp³-hybridized carbons (Fsp3) is 0.300. The molecule has 0 unspecified atom stereocenters. The summed E-state index contributed by atoms with van der Waals surface area (Å²) >= 11 is 3.16. The summed E-state index contributed by atoms with van der Waals surface area (Å²) in [6, 6.07) is 6.11. The van der Waals surface area contributed by atoms with Crippen LogP contribution in [0, 0.1) is 0 Å². The van der Waals surface area contributed by atoms with Crippen molar-refractivity contribution in [3.05, 3.63) is 28.7 Å². The first-order valence-electron chi connectivity index (χ1n) is 4.99. The zero-order chi connectivity index (χ0) is 13.8. The summed E-state index contributed by atoms with van der Waals surface area (Å²) in [7, 11) is -3.69. The Hall–Kier alpha value is -0.960. The van der Waals surface area contributed by atoms with Gasteiger partial charge in [-0.05, 0) is 24.6 Å². The zero-order valence-corrected chi connectivity index (χ0v) is 11.6. The van der Waals surface area contributed by atoms with E-state index in [0.717, 1.165) is 0 Å². The van der Waals surface area contributed by atoms with Gasteiger partial charge < -0.3 is 10.2 Å². The van der Waals surface area contributed by atoms with E-state index in [4.69, 9.17) is 10.2 Å². The molecule has 0 saturated heterocycles. The molecule has 8 heteroatoms. The summed E-state index contributed by atoms with van der Waals surface area (Å²) in [6.45, 7) is -0.150. The van der Waals surface area contributed by atoms with E-state index in [1.807, 2.05) is 0 Å². The molecular formula is C10H12BrNO5S. The van der Waals surface area contributed by atoms with E-state index in [2.05, 4.69) is 20.7 Å². The number of sulfonamides is 1. The van der Waals surface area contributed by atoms with Gasteiger partial charge in [-0.1, -0.05) is 22.0 Å². The Balaban J connectivity index is 2.64. The van der Waals surface area contributed by atoms with Crippen molar-refractivity contribution in [2.24, 2.45) is 0 Å². The molecule has 1 atom stereocenters. The van der Waals surface area contributed by atoms with Crippen LogP contribution in [0.3, 0.4) is 0 Å². The molecule has 6 nitrogen and oxygen atoms in total. The van der Waals surface area contributed by atoms with Crippen molar-refractivity contribution in [2.45, 2.75) is 17.4 Å². The average Bonchev–Trinajstić information content (AvgIpc) is 2.28. The summed E-state index contributed by atoms with van der Waals surface area (Å²) < 4.78 is 26.4. The molecule has 1 aromatic rings. The van der Waals surface area contributed by atoms with Crippen LogP contribution in [0.2, 0.25) is 0 Å². The highest BCUT2D eigenvalue weighted by atomic mass is 79.9. The van der Waals surface area contributed by atoms with Gasteiger partial charge in [-0.25, -0.2) is 17.9 Å². The molecule has 0 aliphatic heterocycles. The molecule has 0 aromatic heterocycles. The van der Waals surface area contributed by atoms with Crippen molar-refractivity contribution in [3.63, 3.8) is 0 Å². The number of aliphatic carboxylic acids is 1. The van der Waals surface area contributed by atoms with E-state index in [1.54, 1.807) is 12.1 Å². The lowest BCUT2D eigenvalue weighted by molar-refractivity contribution is -0.146. The summed E-state index contributed by atoms with van der Waals surface area (Å²) in [5, 5.41) is 17.4. The standard InChI is InChI=1S/C10H12BrNO5S/c11-7-2-1-3-8(6-7)18(16,17)12-5-4-9(13)10(14)15/h1-3,6,9,12-13H,4-5H2,(H,14,15)/t9-/m0/s1. The molecule has 1 aromatic carbocycles. The SMILES string of the molecule is O=C(O)[C@@H](O)CCNS(=O)(=O)c1cccc(Br)c1. The van der Waals surface area contributed by atoms with E-state index in [0.29, 0.717) is 4.47 Å². The van der Waals surface area contributed by atoms with Gasteiger partial charge in [-0.2, -0.15) is 0 Å². The van der Waals surface area contributed by atoms with Gasteiger partial charge in [0.1, 0.15) is 0 Å². The van der Waals surface area contributed by atoms with Crippen molar-refractivity contribution < 1.29 is 23.4 Å². The summed E-state index contributed by atoms with van der Waals surface area (Å²) in [5.74, 6) is -1.38. The monoisotopic (exact) mass is 337 g/mol. The molecule has 1 rings (SSSR count). The van der Waals surface area contributed by atoms with Gasteiger partial charge in [0.2, 0.25) is 10.0 Å². The van der Waals surface area contributed by atoms with Gasteiger partial charge in [0.05, 0.1) is 4.90 Å². The maximum atomic E-state index is 11.8. The summed E-state index contributed by atoms with van der Waals surface area (Å²) in [4.78, 5) is 10.4. The molecule has 0 amide bonds. The molecule has 0 spiro atoms. The Kier molecular flexibility index (Phi) is 5.27. The smallest absolute Gasteiger partial charge is 0.332 e. The number of hydrogen-bond donors (Lipinski definition) is 3. The predicted octanol–water partition coefficient (Wildman–Crippen LogP) is 0.563. The van der Waals surface area contributed by atoms with Crippen LogP contribution in [0.25, 0.3) is 0 Å². The number of carboxylic acid groups (broad SMARTS) is 1. The Bertz CT molecular complexity index is 531. The molecule has 3 N–H and O–H groups in total. The van der Waals surface area contributed by atoms with Crippen molar-refractivity contribution >= 4 is 31.9 Å². The normalized spacial score (nSPS) is 13.2. The van der Waals surface area contributed by atoms with E-state index in [1.165, 1.54) is 12.1 Å². The van der Waals surface area contributed by atoms with Crippen molar-refractivity contribution in [1.29, 1.82) is 0 Å². The topological polar surface area (TPSA) is 104 Å². The second-order valence-electron chi connectivity index (χ2n) is 3.50. The molecule has 0 bridgehead atoms. The van der Waals surface area contributed by atoms with E-state index >= 15 is 0 Å². The molecule has 0 heterocycles. The van der Waals surface area contributed by atoms with E-state index in [9.17, 15) is 13.2 Å². The number of aliphatic hydroxyl groups excluding tert-OH is 1. The Morgan fingerprint density at radius 3 is 2.67 bits per heavy atom. The van der Waals surface area contributed by atoms with Gasteiger partial charge in [-0.3, -0.25) is 0 Å². The van der Waals surface area contributed by atoms with Crippen LogP contribution in [-0.2, 0) is 14.8 Å². The van der Waals surface area contributed by atoms with Crippen LogP contribution < -0.4 is 4.72 Å². The number of benzene rings is 1. The van der Waals surface area contributed by atoms with Gasteiger partial charge in [0, 0.05) is 11.0 Å². The number of aliphatic hydroxyl groups is 1.